The second kappa shape index (κ2) is 6.81. The van der Waals surface area contributed by atoms with E-state index >= 15 is 0 Å². The van der Waals surface area contributed by atoms with E-state index in [1.54, 1.807) is 13.0 Å². The molecule has 0 aliphatic heterocycles. The Labute approximate surface area is 92.7 Å². The maximum absolute atomic E-state index is 11.5. The lowest BCUT2D eigenvalue weighted by atomic mass is 10.1. The molecule has 15 heavy (non-hydrogen) atoms. The summed E-state index contributed by atoms with van der Waals surface area (Å²) in [5, 5.41) is 7.72. The molecule has 0 aromatic rings. The molecule has 0 saturated heterocycles. The van der Waals surface area contributed by atoms with E-state index < -0.39 is 15.3 Å². The molecule has 0 fully saturated rings. The van der Waals surface area contributed by atoms with Gasteiger partial charge in [-0.1, -0.05) is 20.8 Å². The molecule has 0 aliphatic carbocycles. The van der Waals surface area contributed by atoms with Crippen LogP contribution in [0.1, 0.15) is 40.0 Å². The van der Waals surface area contributed by atoms with Gasteiger partial charge in [0.05, 0.1) is 6.07 Å². The predicted octanol–water partition coefficient (Wildman–Crippen LogP) is 1.64. The van der Waals surface area contributed by atoms with Crippen molar-refractivity contribution in [1.82, 2.24) is 4.72 Å². The summed E-state index contributed by atoms with van der Waals surface area (Å²) in [6.45, 7) is 6.32. The van der Waals surface area contributed by atoms with Gasteiger partial charge < -0.3 is 0 Å². The predicted molar refractivity (Wildman–Crippen MR) is 60.7 cm³/mol. The van der Waals surface area contributed by atoms with Crippen LogP contribution in [0.15, 0.2) is 0 Å². The van der Waals surface area contributed by atoms with Crippen LogP contribution < -0.4 is 4.72 Å². The van der Waals surface area contributed by atoms with Gasteiger partial charge in [-0.2, -0.15) is 5.26 Å². The van der Waals surface area contributed by atoms with Crippen LogP contribution in [0.2, 0.25) is 0 Å². The summed E-state index contributed by atoms with van der Waals surface area (Å²) in [5.74, 6) is 0.576. The maximum Gasteiger partial charge on any atom is 0.227 e. The van der Waals surface area contributed by atoms with Crippen LogP contribution in [0, 0.1) is 17.2 Å². The highest BCUT2D eigenvalue weighted by Gasteiger charge is 2.22. The third kappa shape index (κ3) is 5.75. The molecule has 0 bridgehead atoms. The van der Waals surface area contributed by atoms with Crippen molar-refractivity contribution in [3.63, 3.8) is 0 Å². The largest absolute Gasteiger partial charge is 0.227 e. The molecular formula is C10H20N2O2S. The summed E-state index contributed by atoms with van der Waals surface area (Å²) < 4.78 is 25.5. The minimum atomic E-state index is -3.43. The molecule has 4 nitrogen and oxygen atoms in total. The van der Waals surface area contributed by atoms with Crippen molar-refractivity contribution in [2.75, 3.05) is 6.54 Å². The third-order valence-electron chi connectivity index (χ3n) is 2.15. The molecule has 0 aromatic carbocycles. The van der Waals surface area contributed by atoms with Crippen LogP contribution in [0.4, 0.5) is 0 Å². The topological polar surface area (TPSA) is 70.0 Å². The van der Waals surface area contributed by atoms with E-state index in [1.165, 1.54) is 0 Å². The Kier molecular flexibility index (Phi) is 6.53. The Hall–Kier alpha value is -0.600. The number of nitrogens with one attached hydrogen (secondary N) is 1. The van der Waals surface area contributed by atoms with Gasteiger partial charge in [0.25, 0.3) is 0 Å². The highest BCUT2D eigenvalue weighted by molar-refractivity contribution is 7.90. The lowest BCUT2D eigenvalue weighted by Gasteiger charge is -2.10. The van der Waals surface area contributed by atoms with Crippen molar-refractivity contribution < 1.29 is 8.42 Å². The second-order valence-electron chi connectivity index (χ2n) is 4.00. The van der Waals surface area contributed by atoms with Crippen LogP contribution in [-0.4, -0.2) is 20.2 Å². The standard InChI is InChI=1S/C10H20N2O2S/c1-4-10(8-11)15(13,14)12-7-5-6-9(2)3/h9-10,12H,4-7H2,1-3H3. The van der Waals surface area contributed by atoms with Gasteiger partial charge in [-0.3, -0.25) is 0 Å². The monoisotopic (exact) mass is 232 g/mol. The van der Waals surface area contributed by atoms with Crippen LogP contribution in [0.25, 0.3) is 0 Å². The molecule has 1 unspecified atom stereocenters. The highest BCUT2D eigenvalue weighted by Crippen LogP contribution is 2.05. The summed E-state index contributed by atoms with van der Waals surface area (Å²) >= 11 is 0. The molecule has 0 aromatic heterocycles. The first-order chi connectivity index (χ1) is 6.94. The quantitative estimate of drug-likeness (QED) is 0.678. The number of sulfonamides is 1. The number of nitriles is 1. The Morgan fingerprint density at radius 1 is 1.40 bits per heavy atom. The first kappa shape index (κ1) is 14.4. The van der Waals surface area contributed by atoms with Gasteiger partial charge in [0, 0.05) is 6.54 Å². The number of hydrogen-bond acceptors (Lipinski definition) is 3. The van der Waals surface area contributed by atoms with Crippen molar-refractivity contribution in [1.29, 1.82) is 5.26 Å². The number of rotatable bonds is 7. The average Bonchev–Trinajstić information content (AvgIpc) is 2.14. The number of nitrogens with zero attached hydrogens (tertiary/aromatic N) is 1. The van der Waals surface area contributed by atoms with E-state index in [-0.39, 0.29) is 0 Å². The Morgan fingerprint density at radius 3 is 2.40 bits per heavy atom. The second-order valence-corrected chi connectivity index (χ2v) is 5.95. The molecule has 88 valence electrons. The van der Waals surface area contributed by atoms with E-state index in [4.69, 9.17) is 5.26 Å². The van der Waals surface area contributed by atoms with Crippen LogP contribution in [-0.2, 0) is 10.0 Å². The maximum atomic E-state index is 11.5. The highest BCUT2D eigenvalue weighted by atomic mass is 32.2. The van der Waals surface area contributed by atoms with Crippen molar-refractivity contribution in [3.8, 4) is 6.07 Å². The van der Waals surface area contributed by atoms with Crippen molar-refractivity contribution in [3.05, 3.63) is 0 Å². The fourth-order valence-corrected chi connectivity index (χ4v) is 2.41. The minimum Gasteiger partial charge on any atom is -0.214 e. The fraction of sp³-hybridized carbons (Fsp3) is 0.900. The lowest BCUT2D eigenvalue weighted by Crippen LogP contribution is -2.33. The van der Waals surface area contributed by atoms with Gasteiger partial charge in [0.2, 0.25) is 10.0 Å². The molecule has 0 rings (SSSR count). The van der Waals surface area contributed by atoms with E-state index in [9.17, 15) is 8.42 Å². The molecule has 0 amide bonds. The van der Waals surface area contributed by atoms with Gasteiger partial charge in [0.1, 0.15) is 0 Å². The Morgan fingerprint density at radius 2 is 2.00 bits per heavy atom. The van der Waals surface area contributed by atoms with Gasteiger partial charge >= 0.3 is 0 Å². The molecular weight excluding hydrogens is 212 g/mol. The summed E-state index contributed by atoms with van der Waals surface area (Å²) in [5.41, 5.74) is 0. The normalized spacial score (nSPS) is 13.8. The first-order valence-corrected chi connectivity index (χ1v) is 6.86. The zero-order valence-corrected chi connectivity index (χ0v) is 10.5. The molecule has 0 saturated carbocycles. The van der Waals surface area contributed by atoms with E-state index in [2.05, 4.69) is 18.6 Å². The Balaban J connectivity index is 4.01. The molecule has 0 spiro atoms. The smallest absolute Gasteiger partial charge is 0.214 e. The Bertz CT molecular complexity index is 304. The molecule has 1 atom stereocenters. The average molecular weight is 232 g/mol. The van der Waals surface area contributed by atoms with Crippen LogP contribution >= 0.6 is 0 Å². The van der Waals surface area contributed by atoms with Crippen LogP contribution in [0.3, 0.4) is 0 Å². The van der Waals surface area contributed by atoms with Gasteiger partial charge in [0.15, 0.2) is 5.25 Å². The molecule has 0 heterocycles. The minimum absolute atomic E-state index is 0.329. The summed E-state index contributed by atoms with van der Waals surface area (Å²) in [7, 11) is -3.43. The van der Waals surface area contributed by atoms with Gasteiger partial charge in [-0.15, -0.1) is 0 Å². The van der Waals surface area contributed by atoms with E-state index in [0.29, 0.717) is 18.9 Å². The van der Waals surface area contributed by atoms with E-state index in [0.717, 1.165) is 12.8 Å². The van der Waals surface area contributed by atoms with Crippen molar-refractivity contribution in [2.45, 2.75) is 45.3 Å². The van der Waals surface area contributed by atoms with Gasteiger partial charge in [-0.05, 0) is 25.2 Å². The zero-order valence-electron chi connectivity index (χ0n) is 9.66. The van der Waals surface area contributed by atoms with Crippen molar-refractivity contribution >= 4 is 10.0 Å². The van der Waals surface area contributed by atoms with Crippen LogP contribution in [0.5, 0.6) is 0 Å². The molecule has 0 aliphatic rings. The number of hydrogen-bond donors (Lipinski definition) is 1. The summed E-state index contributed by atoms with van der Waals surface area (Å²) in [4.78, 5) is 0. The SMILES string of the molecule is CCC(C#N)S(=O)(=O)NCCCC(C)C. The molecule has 0 radical (unpaired) electrons. The zero-order chi connectivity index (χ0) is 11.9. The van der Waals surface area contributed by atoms with Gasteiger partial charge in [-0.25, -0.2) is 13.1 Å². The van der Waals surface area contributed by atoms with E-state index in [1.807, 2.05) is 0 Å². The fourth-order valence-electron chi connectivity index (χ4n) is 1.21. The summed E-state index contributed by atoms with van der Waals surface area (Å²) in [6.07, 6.45) is 2.14. The summed E-state index contributed by atoms with van der Waals surface area (Å²) in [6, 6.07) is 1.79. The molecule has 1 N–H and O–H groups in total. The lowest BCUT2D eigenvalue weighted by molar-refractivity contribution is 0.537. The first-order valence-electron chi connectivity index (χ1n) is 5.32. The van der Waals surface area contributed by atoms with Crippen molar-refractivity contribution in [2.24, 2.45) is 5.92 Å². The molecule has 5 heteroatoms. The third-order valence-corrected chi connectivity index (χ3v) is 3.95.